The van der Waals surface area contributed by atoms with Crippen molar-refractivity contribution in [3.63, 3.8) is 0 Å². The van der Waals surface area contributed by atoms with Gasteiger partial charge in [0.2, 0.25) is 5.91 Å². The number of pyridine rings is 1. The summed E-state index contributed by atoms with van der Waals surface area (Å²) in [6, 6.07) is 7.54. The zero-order valence-electron chi connectivity index (χ0n) is 10.1. The van der Waals surface area contributed by atoms with Gasteiger partial charge in [-0.25, -0.2) is 0 Å². The van der Waals surface area contributed by atoms with E-state index in [2.05, 4.69) is 10.3 Å². The highest BCUT2D eigenvalue weighted by Crippen LogP contribution is 2.18. The van der Waals surface area contributed by atoms with Crippen LogP contribution >= 0.6 is 11.3 Å². The zero-order chi connectivity index (χ0) is 13.0. The summed E-state index contributed by atoms with van der Waals surface area (Å²) in [7, 11) is 0. The van der Waals surface area contributed by atoms with Crippen LogP contribution in [0.3, 0.4) is 0 Å². The Morgan fingerprint density at radius 3 is 2.94 bits per heavy atom. The smallest absolute Gasteiger partial charge is 0.226 e. The van der Waals surface area contributed by atoms with Crippen LogP contribution in [-0.2, 0) is 11.2 Å². The molecule has 4 nitrogen and oxygen atoms in total. The fourth-order valence-corrected chi connectivity index (χ4v) is 2.34. The quantitative estimate of drug-likeness (QED) is 0.886. The Morgan fingerprint density at radius 2 is 2.33 bits per heavy atom. The molecule has 2 rings (SSSR count). The van der Waals surface area contributed by atoms with E-state index in [9.17, 15) is 4.79 Å². The summed E-state index contributed by atoms with van der Waals surface area (Å²) in [4.78, 5) is 17.1. The zero-order valence-corrected chi connectivity index (χ0v) is 10.9. The van der Waals surface area contributed by atoms with E-state index in [4.69, 9.17) is 5.73 Å². The monoisotopic (exact) mass is 261 g/mol. The molecular formula is C13H15N3OS. The molecule has 0 aromatic carbocycles. The molecule has 94 valence electrons. The lowest BCUT2D eigenvalue weighted by molar-refractivity contribution is -0.121. The lowest BCUT2D eigenvalue weighted by Crippen LogP contribution is -2.27. The molecule has 0 aliphatic rings. The predicted octanol–water partition coefficient (Wildman–Crippen LogP) is 2.15. The number of nitrogens with zero attached hydrogens (tertiary/aromatic N) is 1. The molecule has 0 saturated heterocycles. The standard InChI is InChI=1S/C13H15N3OS/c1-9(12-3-2-6-18-12)16-13(17)7-11-5-4-10(14)8-15-11/h2-6,8-9H,7,14H2,1H3,(H,16,17). The number of thiophene rings is 1. The van der Waals surface area contributed by atoms with Crippen molar-refractivity contribution < 1.29 is 4.79 Å². The van der Waals surface area contributed by atoms with Gasteiger partial charge < -0.3 is 11.1 Å². The maximum Gasteiger partial charge on any atom is 0.226 e. The van der Waals surface area contributed by atoms with Crippen molar-refractivity contribution in [1.29, 1.82) is 0 Å². The Bertz CT molecular complexity index is 508. The van der Waals surface area contributed by atoms with Crippen molar-refractivity contribution in [3.8, 4) is 0 Å². The Labute approximate surface area is 110 Å². The first-order valence-corrected chi connectivity index (χ1v) is 6.56. The first-order valence-electron chi connectivity index (χ1n) is 5.68. The number of nitrogens with one attached hydrogen (secondary N) is 1. The Hall–Kier alpha value is -1.88. The maximum atomic E-state index is 11.8. The number of hydrogen-bond acceptors (Lipinski definition) is 4. The minimum Gasteiger partial charge on any atom is -0.397 e. The molecule has 1 unspecified atom stereocenters. The molecule has 1 amide bonds. The second kappa shape index (κ2) is 5.64. The summed E-state index contributed by atoms with van der Waals surface area (Å²) in [6.45, 7) is 1.97. The molecule has 3 N–H and O–H groups in total. The SMILES string of the molecule is CC(NC(=O)Cc1ccc(N)cn1)c1cccs1. The van der Waals surface area contributed by atoms with Gasteiger partial charge in [0, 0.05) is 10.6 Å². The number of carbonyl (C=O) groups excluding carboxylic acids is 1. The van der Waals surface area contributed by atoms with Crippen LogP contribution in [0, 0.1) is 0 Å². The number of hydrogen-bond donors (Lipinski definition) is 2. The largest absolute Gasteiger partial charge is 0.397 e. The minimum atomic E-state index is -0.0341. The molecule has 0 radical (unpaired) electrons. The molecule has 2 aromatic heterocycles. The van der Waals surface area contributed by atoms with Crippen LogP contribution < -0.4 is 11.1 Å². The summed E-state index contributed by atoms with van der Waals surface area (Å²) >= 11 is 1.63. The average Bonchev–Trinajstić information content (AvgIpc) is 2.85. The Morgan fingerprint density at radius 1 is 1.50 bits per heavy atom. The summed E-state index contributed by atoms with van der Waals surface area (Å²) in [6.07, 6.45) is 1.83. The number of anilines is 1. The van der Waals surface area contributed by atoms with E-state index in [1.165, 1.54) is 0 Å². The van der Waals surface area contributed by atoms with E-state index >= 15 is 0 Å². The van der Waals surface area contributed by atoms with Crippen LogP contribution in [-0.4, -0.2) is 10.9 Å². The third-order valence-corrected chi connectivity index (χ3v) is 3.59. The number of nitrogens with two attached hydrogens (primary N) is 1. The fourth-order valence-electron chi connectivity index (χ4n) is 1.61. The second-order valence-electron chi connectivity index (χ2n) is 4.06. The van der Waals surface area contributed by atoms with Gasteiger partial charge >= 0.3 is 0 Å². The number of rotatable bonds is 4. The molecule has 0 fully saturated rings. The van der Waals surface area contributed by atoms with Gasteiger partial charge in [-0.2, -0.15) is 0 Å². The first-order chi connectivity index (χ1) is 8.65. The third-order valence-electron chi connectivity index (χ3n) is 2.54. The fraction of sp³-hybridized carbons (Fsp3) is 0.231. The molecule has 5 heteroatoms. The van der Waals surface area contributed by atoms with Crippen LogP contribution in [0.4, 0.5) is 5.69 Å². The molecule has 0 saturated carbocycles. The topological polar surface area (TPSA) is 68.0 Å². The van der Waals surface area contributed by atoms with Crippen LogP contribution in [0.2, 0.25) is 0 Å². The summed E-state index contributed by atoms with van der Waals surface area (Å²) < 4.78 is 0. The van der Waals surface area contributed by atoms with Gasteiger partial charge in [0.25, 0.3) is 0 Å². The molecule has 2 heterocycles. The van der Waals surface area contributed by atoms with E-state index in [0.717, 1.165) is 10.6 Å². The Balaban J connectivity index is 1.91. The van der Waals surface area contributed by atoms with E-state index < -0.39 is 0 Å². The van der Waals surface area contributed by atoms with Crippen molar-refractivity contribution in [2.24, 2.45) is 0 Å². The highest BCUT2D eigenvalue weighted by molar-refractivity contribution is 7.10. The van der Waals surface area contributed by atoms with Crippen LogP contribution in [0.1, 0.15) is 23.5 Å². The number of nitrogen functional groups attached to an aromatic ring is 1. The second-order valence-corrected chi connectivity index (χ2v) is 5.04. The van der Waals surface area contributed by atoms with Gasteiger partial charge in [0.1, 0.15) is 0 Å². The molecule has 0 aliphatic carbocycles. The molecule has 18 heavy (non-hydrogen) atoms. The molecular weight excluding hydrogens is 246 g/mol. The van der Waals surface area contributed by atoms with Crippen molar-refractivity contribution in [2.45, 2.75) is 19.4 Å². The number of amides is 1. The predicted molar refractivity (Wildman–Crippen MR) is 73.2 cm³/mol. The number of carbonyl (C=O) groups is 1. The van der Waals surface area contributed by atoms with Gasteiger partial charge in [-0.1, -0.05) is 6.07 Å². The van der Waals surface area contributed by atoms with Crippen molar-refractivity contribution in [1.82, 2.24) is 10.3 Å². The van der Waals surface area contributed by atoms with Crippen LogP contribution in [0.5, 0.6) is 0 Å². The molecule has 0 bridgehead atoms. The van der Waals surface area contributed by atoms with Crippen molar-refractivity contribution in [3.05, 3.63) is 46.4 Å². The van der Waals surface area contributed by atoms with Gasteiger partial charge in [-0.05, 0) is 30.5 Å². The van der Waals surface area contributed by atoms with E-state index in [-0.39, 0.29) is 18.4 Å². The van der Waals surface area contributed by atoms with Crippen molar-refractivity contribution in [2.75, 3.05) is 5.73 Å². The molecule has 0 spiro atoms. The van der Waals surface area contributed by atoms with Gasteiger partial charge in [0.15, 0.2) is 0 Å². The first kappa shape index (κ1) is 12.6. The highest BCUT2D eigenvalue weighted by atomic mass is 32.1. The summed E-state index contributed by atoms with van der Waals surface area (Å²) in [5.74, 6) is -0.0341. The Kier molecular flexibility index (Phi) is 3.94. The minimum absolute atomic E-state index is 0.0336. The van der Waals surface area contributed by atoms with Crippen LogP contribution in [0.25, 0.3) is 0 Å². The molecule has 2 aromatic rings. The van der Waals surface area contributed by atoms with E-state index in [1.54, 1.807) is 29.7 Å². The van der Waals surface area contributed by atoms with Crippen molar-refractivity contribution >= 4 is 22.9 Å². The van der Waals surface area contributed by atoms with E-state index in [1.807, 2.05) is 24.4 Å². The lowest BCUT2D eigenvalue weighted by Gasteiger charge is -2.11. The maximum absolute atomic E-state index is 11.8. The summed E-state index contributed by atoms with van der Waals surface area (Å²) in [5, 5.41) is 4.95. The summed E-state index contributed by atoms with van der Waals surface area (Å²) in [5.41, 5.74) is 6.87. The molecule has 1 atom stereocenters. The van der Waals surface area contributed by atoms with Gasteiger partial charge in [-0.15, -0.1) is 11.3 Å². The van der Waals surface area contributed by atoms with Crippen LogP contribution in [0.15, 0.2) is 35.8 Å². The average molecular weight is 261 g/mol. The normalized spacial score (nSPS) is 12.1. The number of aromatic nitrogens is 1. The van der Waals surface area contributed by atoms with Gasteiger partial charge in [0.05, 0.1) is 24.3 Å². The lowest BCUT2D eigenvalue weighted by atomic mass is 10.2. The van der Waals surface area contributed by atoms with Gasteiger partial charge in [-0.3, -0.25) is 9.78 Å². The highest BCUT2D eigenvalue weighted by Gasteiger charge is 2.11. The molecule has 0 aliphatic heterocycles. The van der Waals surface area contributed by atoms with E-state index in [0.29, 0.717) is 5.69 Å². The third kappa shape index (κ3) is 3.30.